The van der Waals surface area contributed by atoms with Crippen LogP contribution < -0.4 is 10.5 Å². The summed E-state index contributed by atoms with van der Waals surface area (Å²) in [5.41, 5.74) is -0.282. The fourth-order valence-corrected chi connectivity index (χ4v) is 0.899. The van der Waals surface area contributed by atoms with Crippen molar-refractivity contribution in [2.75, 3.05) is 13.1 Å². The molecule has 0 aromatic heterocycles. The van der Waals surface area contributed by atoms with E-state index in [1.54, 1.807) is 0 Å². The van der Waals surface area contributed by atoms with Crippen LogP contribution in [0.2, 0.25) is 0 Å². The predicted octanol–water partition coefficient (Wildman–Crippen LogP) is -0.0595. The van der Waals surface area contributed by atoms with E-state index in [-0.39, 0.29) is 6.54 Å². The van der Waals surface area contributed by atoms with E-state index >= 15 is 0 Å². The van der Waals surface area contributed by atoms with Gasteiger partial charge in [0.15, 0.2) is 0 Å². The van der Waals surface area contributed by atoms with Crippen LogP contribution in [0.25, 0.3) is 0 Å². The van der Waals surface area contributed by atoms with E-state index in [1.165, 1.54) is 16.9 Å². The number of nitrogens with two attached hydrogens (primary N) is 1. The summed E-state index contributed by atoms with van der Waals surface area (Å²) >= 11 is 0. The molecule has 0 rings (SSSR count). The molecule has 0 spiro atoms. The maximum absolute atomic E-state index is 11.6. The number of halogens is 3. The van der Waals surface area contributed by atoms with Gasteiger partial charge in [0.25, 0.3) is 0 Å². The quantitative estimate of drug-likeness (QED) is 0.649. The Balaban J connectivity index is 4.14. The molecule has 0 amide bonds. The molecule has 0 aliphatic rings. The van der Waals surface area contributed by atoms with Gasteiger partial charge < -0.3 is 5.73 Å². The summed E-state index contributed by atoms with van der Waals surface area (Å²) < 4.78 is 56.9. The molecule has 0 fully saturated rings. The van der Waals surface area contributed by atoms with Gasteiger partial charge in [-0.25, -0.2) is 13.1 Å². The molecule has 0 atom stereocenters. The zero-order valence-electron chi connectivity index (χ0n) is 6.50. The van der Waals surface area contributed by atoms with Crippen molar-refractivity contribution in [1.82, 2.24) is 4.72 Å². The lowest BCUT2D eigenvalue weighted by Gasteiger charge is -2.06. The van der Waals surface area contributed by atoms with Gasteiger partial charge in [-0.05, 0) is 0 Å². The first-order valence-corrected chi connectivity index (χ1v) is 4.70. The molecule has 0 aliphatic carbocycles. The number of hydrogen-bond acceptors (Lipinski definition) is 3. The zero-order valence-corrected chi connectivity index (χ0v) is 7.32. The number of hydrogen-bond donors (Lipinski definition) is 2. The molecule has 3 N–H and O–H groups in total. The lowest BCUT2D eigenvalue weighted by Crippen LogP contribution is -2.36. The van der Waals surface area contributed by atoms with Crippen LogP contribution in [0.4, 0.5) is 13.2 Å². The molecule has 4 nitrogen and oxygen atoms in total. The van der Waals surface area contributed by atoms with Gasteiger partial charge in [-0.15, -0.1) is 0 Å². The van der Waals surface area contributed by atoms with Crippen molar-refractivity contribution in [3.05, 3.63) is 12.2 Å². The standard InChI is InChI=1S/C5H9F3N2O2S/c6-5(7,8)13(11,12)10-4-2-1-3-9/h1-2,10H,3-4,9H2/b2-1+. The van der Waals surface area contributed by atoms with Gasteiger partial charge >= 0.3 is 15.5 Å². The number of rotatable bonds is 4. The average Bonchev–Trinajstić information content (AvgIpc) is 1.96. The van der Waals surface area contributed by atoms with E-state index in [0.29, 0.717) is 0 Å². The van der Waals surface area contributed by atoms with Gasteiger partial charge in [0.2, 0.25) is 0 Å². The zero-order chi connectivity index (χ0) is 10.5. The second kappa shape index (κ2) is 4.58. The van der Waals surface area contributed by atoms with Crippen LogP contribution in [0.15, 0.2) is 12.2 Å². The minimum Gasteiger partial charge on any atom is -0.327 e. The first kappa shape index (κ1) is 12.4. The highest BCUT2D eigenvalue weighted by molar-refractivity contribution is 7.90. The molecule has 0 aromatic carbocycles. The lowest BCUT2D eigenvalue weighted by molar-refractivity contribution is -0.0446. The highest BCUT2D eigenvalue weighted by Crippen LogP contribution is 2.21. The van der Waals surface area contributed by atoms with Crippen molar-refractivity contribution in [3.63, 3.8) is 0 Å². The maximum atomic E-state index is 11.6. The van der Waals surface area contributed by atoms with Crippen LogP contribution in [0.3, 0.4) is 0 Å². The van der Waals surface area contributed by atoms with E-state index in [9.17, 15) is 21.6 Å². The number of nitrogens with one attached hydrogen (secondary N) is 1. The van der Waals surface area contributed by atoms with E-state index in [1.807, 2.05) is 0 Å². The smallest absolute Gasteiger partial charge is 0.327 e. The molecular weight excluding hydrogens is 209 g/mol. The third-order valence-corrected chi connectivity index (χ3v) is 2.15. The van der Waals surface area contributed by atoms with Gasteiger partial charge in [-0.3, -0.25) is 0 Å². The Hall–Kier alpha value is -0.600. The Morgan fingerprint density at radius 1 is 1.31 bits per heavy atom. The average molecular weight is 218 g/mol. The van der Waals surface area contributed by atoms with Crippen molar-refractivity contribution < 1.29 is 21.6 Å². The first-order valence-electron chi connectivity index (χ1n) is 3.22. The second-order valence-electron chi connectivity index (χ2n) is 2.00. The summed E-state index contributed by atoms with van der Waals surface area (Å²) in [7, 11) is -5.22. The number of alkyl halides is 3. The highest BCUT2D eigenvalue weighted by Gasteiger charge is 2.45. The summed E-state index contributed by atoms with van der Waals surface area (Å²) in [6.07, 6.45) is 2.54. The Labute approximate surface area is 73.7 Å². The lowest BCUT2D eigenvalue weighted by atomic mass is 10.5. The molecular formula is C5H9F3N2O2S. The minimum absolute atomic E-state index is 0.147. The molecule has 0 aromatic rings. The van der Waals surface area contributed by atoms with Gasteiger partial charge in [0.1, 0.15) is 0 Å². The topological polar surface area (TPSA) is 72.2 Å². The Morgan fingerprint density at radius 2 is 1.85 bits per heavy atom. The van der Waals surface area contributed by atoms with Gasteiger partial charge in [-0.1, -0.05) is 12.2 Å². The SMILES string of the molecule is NC/C=C/CNS(=O)(=O)C(F)(F)F. The normalized spacial score (nSPS) is 13.8. The van der Waals surface area contributed by atoms with E-state index in [2.05, 4.69) is 0 Å². The summed E-state index contributed by atoms with van der Waals surface area (Å²) in [6, 6.07) is 0. The molecule has 0 aliphatic heterocycles. The fraction of sp³-hybridized carbons (Fsp3) is 0.600. The van der Waals surface area contributed by atoms with Crippen molar-refractivity contribution in [2.45, 2.75) is 5.51 Å². The summed E-state index contributed by atoms with van der Waals surface area (Å²) in [5, 5.41) is 0. The molecule has 0 saturated carbocycles. The maximum Gasteiger partial charge on any atom is 0.511 e. The molecule has 0 radical (unpaired) electrons. The van der Waals surface area contributed by atoms with Crippen molar-refractivity contribution in [3.8, 4) is 0 Å². The van der Waals surface area contributed by atoms with Crippen LogP contribution in [0.1, 0.15) is 0 Å². The molecule has 78 valence electrons. The largest absolute Gasteiger partial charge is 0.511 e. The molecule has 8 heteroatoms. The van der Waals surface area contributed by atoms with Crippen molar-refractivity contribution >= 4 is 10.0 Å². The molecule has 0 unspecified atom stereocenters. The van der Waals surface area contributed by atoms with E-state index in [4.69, 9.17) is 5.73 Å². The van der Waals surface area contributed by atoms with Gasteiger partial charge in [0.05, 0.1) is 0 Å². The first-order chi connectivity index (χ1) is 5.81. The molecule has 0 bridgehead atoms. The van der Waals surface area contributed by atoms with Crippen LogP contribution in [-0.2, 0) is 10.0 Å². The Morgan fingerprint density at radius 3 is 2.23 bits per heavy atom. The highest BCUT2D eigenvalue weighted by atomic mass is 32.2. The van der Waals surface area contributed by atoms with Gasteiger partial charge in [0, 0.05) is 13.1 Å². The third kappa shape index (κ3) is 4.25. The predicted molar refractivity (Wildman–Crippen MR) is 41.2 cm³/mol. The monoisotopic (exact) mass is 218 g/mol. The third-order valence-electron chi connectivity index (χ3n) is 0.999. The molecule has 0 saturated heterocycles. The second-order valence-corrected chi connectivity index (χ2v) is 3.76. The van der Waals surface area contributed by atoms with Crippen LogP contribution in [-0.4, -0.2) is 27.0 Å². The van der Waals surface area contributed by atoms with E-state index < -0.39 is 22.1 Å². The van der Waals surface area contributed by atoms with Crippen LogP contribution >= 0.6 is 0 Å². The molecule has 0 heterocycles. The van der Waals surface area contributed by atoms with Crippen molar-refractivity contribution in [2.24, 2.45) is 5.73 Å². The van der Waals surface area contributed by atoms with Gasteiger partial charge in [-0.2, -0.15) is 13.2 Å². The Bertz CT molecular complexity index is 270. The van der Waals surface area contributed by atoms with Crippen LogP contribution in [0, 0.1) is 0 Å². The molecule has 13 heavy (non-hydrogen) atoms. The minimum atomic E-state index is -5.26. The summed E-state index contributed by atoms with van der Waals surface area (Å²) in [4.78, 5) is 0. The van der Waals surface area contributed by atoms with E-state index in [0.717, 1.165) is 0 Å². The summed E-state index contributed by atoms with van der Waals surface area (Å²) in [5.74, 6) is 0. The van der Waals surface area contributed by atoms with Crippen LogP contribution in [0.5, 0.6) is 0 Å². The Kier molecular flexibility index (Phi) is 4.37. The fourth-order valence-electron chi connectivity index (χ4n) is 0.419. The number of sulfonamides is 1. The van der Waals surface area contributed by atoms with Crippen molar-refractivity contribution in [1.29, 1.82) is 0 Å². The summed E-state index contributed by atoms with van der Waals surface area (Å²) in [6.45, 7) is -0.271.